The van der Waals surface area contributed by atoms with Crippen LogP contribution in [0.2, 0.25) is 0 Å². The van der Waals surface area contributed by atoms with E-state index in [1.54, 1.807) is 0 Å². The van der Waals surface area contributed by atoms with Crippen molar-refractivity contribution in [1.29, 1.82) is 0 Å². The number of hydrogen-bond acceptors (Lipinski definition) is 8. The van der Waals surface area contributed by atoms with Gasteiger partial charge in [-0.2, -0.15) is 0 Å². The molecule has 0 spiro atoms. The molecule has 0 aliphatic rings. The fraction of sp³-hybridized carbons (Fsp3) is 0.623. The van der Waals surface area contributed by atoms with Crippen LogP contribution in [0.4, 0.5) is 0 Å². The van der Waals surface area contributed by atoms with Crippen LogP contribution in [-0.2, 0) is 32.7 Å². The summed E-state index contributed by atoms with van der Waals surface area (Å²) >= 11 is 0. The van der Waals surface area contributed by atoms with Crippen molar-refractivity contribution in [1.82, 2.24) is 0 Å². The standard InChI is InChI=1S/C53H88NO8P/c1-6-8-10-12-14-16-18-19-20-21-22-23-24-25-26-27-28-29-30-31-32-33-34-35-36-38-40-42-44-46-53(56)62-51(50-61-63(57,58)60-48-47-54(3,4)5)49-59-52(55)45-43-41-39-37-17-15-13-11-9-7-2/h8,10,14,16,19-20,22-23,25-26,28-29,31-32,34-35,38,40,51H,6-7,9,11-13,15,17-18,21,24,27,30,33,36-37,39,41-50H2,1-5H3/b10-8-,16-14-,20-19-,23-22-,26-25-,29-28-,32-31-,35-34-,40-38-. The van der Waals surface area contributed by atoms with Crippen LogP contribution in [0.3, 0.4) is 0 Å². The van der Waals surface area contributed by atoms with Crippen LogP contribution in [0.25, 0.3) is 0 Å². The Labute approximate surface area is 385 Å². The first kappa shape index (κ1) is 59.7. The number of esters is 2. The summed E-state index contributed by atoms with van der Waals surface area (Å²) in [4.78, 5) is 37.5. The number of phosphoric ester groups is 1. The number of phosphoric acid groups is 1. The number of allylic oxidation sites excluding steroid dienone is 18. The summed E-state index contributed by atoms with van der Waals surface area (Å²) in [5.74, 6) is -0.915. The number of unbranched alkanes of at least 4 members (excludes halogenated alkanes) is 10. The van der Waals surface area contributed by atoms with Gasteiger partial charge in [-0.15, -0.1) is 0 Å². The number of nitrogens with zero attached hydrogens (tertiary/aromatic N) is 1. The Morgan fingerprint density at radius 1 is 0.508 bits per heavy atom. The second kappa shape index (κ2) is 43.9. The van der Waals surface area contributed by atoms with Gasteiger partial charge >= 0.3 is 11.9 Å². The van der Waals surface area contributed by atoms with Gasteiger partial charge in [-0.1, -0.05) is 181 Å². The molecular formula is C53H88NO8P. The molecule has 0 amide bonds. The maximum atomic E-state index is 12.7. The monoisotopic (exact) mass is 898 g/mol. The Hall–Kier alpha value is -3.33. The molecule has 0 aromatic heterocycles. The number of rotatable bonds is 42. The molecular weight excluding hydrogens is 810 g/mol. The van der Waals surface area contributed by atoms with E-state index < -0.39 is 32.5 Å². The molecule has 0 heterocycles. The highest BCUT2D eigenvalue weighted by Gasteiger charge is 2.21. The first-order chi connectivity index (χ1) is 30.5. The van der Waals surface area contributed by atoms with Gasteiger partial charge in [-0.05, 0) is 77.0 Å². The van der Waals surface area contributed by atoms with Crippen LogP contribution in [-0.4, -0.2) is 70.0 Å². The van der Waals surface area contributed by atoms with E-state index in [2.05, 4.69) is 117 Å². The lowest BCUT2D eigenvalue weighted by molar-refractivity contribution is -0.870. The zero-order valence-corrected chi connectivity index (χ0v) is 41.1. The largest absolute Gasteiger partial charge is 0.756 e. The van der Waals surface area contributed by atoms with Gasteiger partial charge in [0.2, 0.25) is 0 Å². The van der Waals surface area contributed by atoms with Crippen LogP contribution in [0.15, 0.2) is 109 Å². The second-order valence-electron chi connectivity index (χ2n) is 16.7. The van der Waals surface area contributed by atoms with Crippen molar-refractivity contribution in [2.45, 2.75) is 168 Å². The molecule has 10 heteroatoms. The van der Waals surface area contributed by atoms with E-state index >= 15 is 0 Å². The molecule has 9 nitrogen and oxygen atoms in total. The van der Waals surface area contributed by atoms with Gasteiger partial charge < -0.3 is 27.9 Å². The fourth-order valence-electron chi connectivity index (χ4n) is 5.83. The van der Waals surface area contributed by atoms with Crippen LogP contribution < -0.4 is 4.89 Å². The third-order valence-corrected chi connectivity index (χ3v) is 10.5. The van der Waals surface area contributed by atoms with Gasteiger partial charge in [-0.25, -0.2) is 0 Å². The Morgan fingerprint density at radius 3 is 1.33 bits per heavy atom. The predicted molar refractivity (Wildman–Crippen MR) is 263 cm³/mol. The van der Waals surface area contributed by atoms with E-state index in [0.29, 0.717) is 23.9 Å². The Morgan fingerprint density at radius 2 is 0.905 bits per heavy atom. The van der Waals surface area contributed by atoms with Gasteiger partial charge in [0.25, 0.3) is 7.82 Å². The normalized spacial score (nSPS) is 14.4. The molecule has 2 atom stereocenters. The second-order valence-corrected chi connectivity index (χ2v) is 18.2. The number of carbonyl (C=O) groups is 2. The number of likely N-dealkylation sites (N-methyl/N-ethyl adjacent to an activating group) is 1. The minimum Gasteiger partial charge on any atom is -0.756 e. The summed E-state index contributed by atoms with van der Waals surface area (Å²) in [6.07, 6.45) is 60.0. The maximum Gasteiger partial charge on any atom is 0.306 e. The van der Waals surface area contributed by atoms with Crippen LogP contribution >= 0.6 is 7.82 Å². The first-order valence-corrected chi connectivity index (χ1v) is 25.6. The van der Waals surface area contributed by atoms with E-state index in [1.165, 1.54) is 44.9 Å². The van der Waals surface area contributed by atoms with Crippen LogP contribution in [0.5, 0.6) is 0 Å². The Bertz CT molecular complexity index is 1430. The number of carbonyl (C=O) groups excluding carboxylic acids is 2. The Kier molecular flexibility index (Phi) is 41.6. The lowest BCUT2D eigenvalue weighted by Gasteiger charge is -2.28. The van der Waals surface area contributed by atoms with Crippen LogP contribution in [0, 0.1) is 0 Å². The third-order valence-electron chi connectivity index (χ3n) is 9.56. The maximum absolute atomic E-state index is 12.7. The van der Waals surface area contributed by atoms with E-state index in [4.69, 9.17) is 18.5 Å². The highest BCUT2D eigenvalue weighted by Crippen LogP contribution is 2.38. The Balaban J connectivity index is 4.36. The topological polar surface area (TPSA) is 111 Å². The fourth-order valence-corrected chi connectivity index (χ4v) is 6.56. The molecule has 0 N–H and O–H groups in total. The SMILES string of the molecule is CC/C=C\C/C=C\C/C=C\C/C=C\C/C=C\C/C=C\C/C=C\C/C=C\C/C=C\CCCC(=O)OC(COC(=O)CCCCCCCCCCCC)COP(=O)([O-])OCC[N+](C)(C)C. The molecule has 0 fully saturated rings. The molecule has 0 aromatic carbocycles. The smallest absolute Gasteiger partial charge is 0.306 e. The number of ether oxygens (including phenoxy) is 2. The lowest BCUT2D eigenvalue weighted by Crippen LogP contribution is -2.37. The minimum atomic E-state index is -4.65. The molecule has 0 aliphatic carbocycles. The molecule has 0 rings (SSSR count). The molecule has 0 aliphatic heterocycles. The first-order valence-electron chi connectivity index (χ1n) is 24.1. The number of hydrogen-bond donors (Lipinski definition) is 0. The molecule has 0 saturated heterocycles. The van der Waals surface area contributed by atoms with Crippen LogP contribution in [0.1, 0.15) is 162 Å². The summed E-state index contributed by atoms with van der Waals surface area (Å²) in [5, 5.41) is 0. The molecule has 0 bridgehead atoms. The molecule has 2 unspecified atom stereocenters. The third kappa shape index (κ3) is 48.0. The van der Waals surface area contributed by atoms with Gasteiger partial charge in [0.15, 0.2) is 6.10 Å². The molecule has 63 heavy (non-hydrogen) atoms. The van der Waals surface area contributed by atoms with Crippen molar-refractivity contribution in [2.75, 3.05) is 47.5 Å². The van der Waals surface area contributed by atoms with E-state index in [-0.39, 0.29) is 26.1 Å². The zero-order valence-electron chi connectivity index (χ0n) is 40.2. The van der Waals surface area contributed by atoms with Gasteiger partial charge in [-0.3, -0.25) is 14.2 Å². The average Bonchev–Trinajstić information content (AvgIpc) is 3.24. The van der Waals surface area contributed by atoms with Gasteiger partial charge in [0, 0.05) is 12.8 Å². The molecule has 0 radical (unpaired) electrons. The molecule has 0 saturated carbocycles. The highest BCUT2D eigenvalue weighted by molar-refractivity contribution is 7.45. The van der Waals surface area contributed by atoms with Crippen molar-refractivity contribution in [3.8, 4) is 0 Å². The van der Waals surface area contributed by atoms with E-state index in [0.717, 1.165) is 77.0 Å². The van der Waals surface area contributed by atoms with Gasteiger partial charge in [0.05, 0.1) is 27.7 Å². The summed E-state index contributed by atoms with van der Waals surface area (Å²) in [7, 11) is 1.11. The van der Waals surface area contributed by atoms with E-state index in [1.807, 2.05) is 27.2 Å². The van der Waals surface area contributed by atoms with Crippen molar-refractivity contribution in [2.24, 2.45) is 0 Å². The minimum absolute atomic E-state index is 0.0470. The van der Waals surface area contributed by atoms with Gasteiger partial charge in [0.1, 0.15) is 19.8 Å². The van der Waals surface area contributed by atoms with Crippen molar-refractivity contribution < 1.29 is 42.1 Å². The van der Waals surface area contributed by atoms with Crippen molar-refractivity contribution >= 4 is 19.8 Å². The quantitative estimate of drug-likeness (QED) is 0.0196. The van der Waals surface area contributed by atoms with E-state index in [9.17, 15) is 19.0 Å². The van der Waals surface area contributed by atoms with Crippen molar-refractivity contribution in [3.05, 3.63) is 109 Å². The molecule has 0 aromatic rings. The lowest BCUT2D eigenvalue weighted by atomic mass is 10.1. The zero-order chi connectivity index (χ0) is 46.4. The average molecular weight is 898 g/mol. The summed E-state index contributed by atoms with van der Waals surface area (Å²) in [5.41, 5.74) is 0. The highest BCUT2D eigenvalue weighted by atomic mass is 31.2. The summed E-state index contributed by atoms with van der Waals surface area (Å²) < 4.78 is 33.8. The predicted octanol–water partition coefficient (Wildman–Crippen LogP) is 13.7. The molecule has 358 valence electrons. The number of quaternary nitrogens is 1. The summed E-state index contributed by atoms with van der Waals surface area (Å²) in [6, 6.07) is 0. The van der Waals surface area contributed by atoms with Crippen molar-refractivity contribution in [3.63, 3.8) is 0 Å². The summed E-state index contributed by atoms with van der Waals surface area (Å²) in [6.45, 7) is 4.00.